The van der Waals surface area contributed by atoms with Gasteiger partial charge in [0.1, 0.15) is 0 Å². The minimum Gasteiger partial charge on any atom is -0.322 e. The number of nitrogens with zero attached hydrogens (tertiary/aromatic N) is 1. The van der Waals surface area contributed by atoms with E-state index in [4.69, 9.17) is 23.2 Å². The summed E-state index contributed by atoms with van der Waals surface area (Å²) in [4.78, 5) is 12.8. The van der Waals surface area contributed by atoms with Gasteiger partial charge in [-0.1, -0.05) is 41.4 Å². The molecule has 0 unspecified atom stereocenters. The van der Waals surface area contributed by atoms with Crippen LogP contribution in [0.25, 0.3) is 0 Å². The van der Waals surface area contributed by atoms with E-state index in [1.807, 2.05) is 0 Å². The highest BCUT2D eigenvalue weighted by molar-refractivity contribution is 7.92. The van der Waals surface area contributed by atoms with Crippen LogP contribution in [0.1, 0.15) is 15.9 Å². The van der Waals surface area contributed by atoms with E-state index in [1.165, 1.54) is 11.4 Å². The Bertz CT molecular complexity index is 1150. The summed E-state index contributed by atoms with van der Waals surface area (Å²) in [5.41, 5.74) is 1.98. The van der Waals surface area contributed by atoms with Gasteiger partial charge in [-0.05, 0) is 61.0 Å². The lowest BCUT2D eigenvalue weighted by molar-refractivity contribution is 0.102. The first-order chi connectivity index (χ1) is 13.7. The number of anilines is 2. The molecule has 150 valence electrons. The van der Waals surface area contributed by atoms with Crippen LogP contribution in [-0.4, -0.2) is 21.4 Å². The van der Waals surface area contributed by atoms with E-state index < -0.39 is 10.0 Å². The molecule has 29 heavy (non-hydrogen) atoms. The molecule has 0 saturated heterocycles. The highest BCUT2D eigenvalue weighted by atomic mass is 35.5. The Balaban J connectivity index is 1.85. The number of rotatable bonds is 5. The molecule has 3 aromatic carbocycles. The summed E-state index contributed by atoms with van der Waals surface area (Å²) >= 11 is 11.9. The van der Waals surface area contributed by atoms with Gasteiger partial charge in [0, 0.05) is 28.3 Å². The zero-order chi connectivity index (χ0) is 21.2. The number of halogens is 2. The van der Waals surface area contributed by atoms with E-state index in [1.54, 1.807) is 73.7 Å². The fourth-order valence-electron chi connectivity index (χ4n) is 2.86. The molecular weight excluding hydrogens is 431 g/mol. The van der Waals surface area contributed by atoms with Crippen LogP contribution in [0, 0.1) is 6.92 Å². The summed E-state index contributed by atoms with van der Waals surface area (Å²) in [6.45, 7) is 1.75. The van der Waals surface area contributed by atoms with Gasteiger partial charge in [-0.3, -0.25) is 9.10 Å². The first kappa shape index (κ1) is 21.2. The molecule has 0 heterocycles. The monoisotopic (exact) mass is 448 g/mol. The van der Waals surface area contributed by atoms with Crippen molar-refractivity contribution in [2.24, 2.45) is 0 Å². The zero-order valence-electron chi connectivity index (χ0n) is 15.7. The first-order valence-electron chi connectivity index (χ1n) is 8.60. The zero-order valence-corrected chi connectivity index (χ0v) is 18.0. The lowest BCUT2D eigenvalue weighted by Gasteiger charge is -2.22. The fourth-order valence-corrected chi connectivity index (χ4v) is 4.67. The van der Waals surface area contributed by atoms with Gasteiger partial charge in [0.2, 0.25) is 0 Å². The standard InChI is InChI=1S/C21H18Cl2N2O3S/c1-14-10-15(21(26)24-18-12-16(22)11-17(23)13-18)8-9-20(14)25(2)29(27,28)19-6-4-3-5-7-19/h3-13H,1-2H3,(H,24,26). The van der Waals surface area contributed by atoms with E-state index in [9.17, 15) is 13.2 Å². The van der Waals surface area contributed by atoms with Crippen molar-refractivity contribution in [3.63, 3.8) is 0 Å². The average molecular weight is 449 g/mol. The van der Waals surface area contributed by atoms with Crippen molar-refractivity contribution >= 4 is 50.5 Å². The smallest absolute Gasteiger partial charge is 0.264 e. The van der Waals surface area contributed by atoms with E-state index in [2.05, 4.69) is 5.32 Å². The fraction of sp³-hybridized carbons (Fsp3) is 0.0952. The number of amides is 1. The van der Waals surface area contributed by atoms with Gasteiger partial charge in [-0.15, -0.1) is 0 Å². The maximum Gasteiger partial charge on any atom is 0.264 e. The van der Waals surface area contributed by atoms with Crippen LogP contribution < -0.4 is 9.62 Å². The van der Waals surface area contributed by atoms with Crippen LogP contribution in [0.3, 0.4) is 0 Å². The van der Waals surface area contributed by atoms with Crippen LogP contribution in [0.4, 0.5) is 11.4 Å². The number of carbonyl (C=O) groups is 1. The summed E-state index contributed by atoms with van der Waals surface area (Å²) in [6.07, 6.45) is 0. The maximum atomic E-state index is 12.8. The number of hydrogen-bond acceptors (Lipinski definition) is 3. The van der Waals surface area contributed by atoms with Crippen LogP contribution in [0.15, 0.2) is 71.6 Å². The Morgan fingerprint density at radius 1 is 0.931 bits per heavy atom. The molecule has 0 fully saturated rings. The quantitative estimate of drug-likeness (QED) is 0.569. The SMILES string of the molecule is Cc1cc(C(=O)Nc2cc(Cl)cc(Cl)c2)ccc1N(C)S(=O)(=O)c1ccccc1. The van der Waals surface area contributed by atoms with Gasteiger partial charge in [-0.2, -0.15) is 0 Å². The maximum absolute atomic E-state index is 12.8. The highest BCUT2D eigenvalue weighted by Gasteiger charge is 2.22. The van der Waals surface area contributed by atoms with E-state index in [-0.39, 0.29) is 10.8 Å². The molecule has 0 aromatic heterocycles. The molecule has 3 aromatic rings. The van der Waals surface area contributed by atoms with Crippen molar-refractivity contribution in [1.82, 2.24) is 0 Å². The summed E-state index contributed by atoms with van der Waals surface area (Å²) in [6, 6.07) is 17.7. The van der Waals surface area contributed by atoms with Gasteiger partial charge < -0.3 is 5.32 Å². The van der Waals surface area contributed by atoms with Crippen molar-refractivity contribution in [3.05, 3.63) is 87.9 Å². The van der Waals surface area contributed by atoms with E-state index in [0.717, 1.165) is 0 Å². The minimum absolute atomic E-state index is 0.196. The van der Waals surface area contributed by atoms with E-state index in [0.29, 0.717) is 32.5 Å². The number of carbonyl (C=O) groups excluding carboxylic acids is 1. The number of nitrogens with one attached hydrogen (secondary N) is 1. The van der Waals surface area contributed by atoms with E-state index >= 15 is 0 Å². The molecule has 8 heteroatoms. The molecule has 0 atom stereocenters. The predicted molar refractivity (Wildman–Crippen MR) is 118 cm³/mol. The lowest BCUT2D eigenvalue weighted by Crippen LogP contribution is -2.27. The summed E-state index contributed by atoms with van der Waals surface area (Å²) in [5, 5.41) is 3.55. The van der Waals surface area contributed by atoms with Gasteiger partial charge in [0.25, 0.3) is 15.9 Å². The Morgan fingerprint density at radius 2 is 1.55 bits per heavy atom. The topological polar surface area (TPSA) is 66.5 Å². The van der Waals surface area contributed by atoms with Crippen molar-refractivity contribution in [2.45, 2.75) is 11.8 Å². The van der Waals surface area contributed by atoms with Crippen molar-refractivity contribution in [3.8, 4) is 0 Å². The summed E-state index contributed by atoms with van der Waals surface area (Å²) < 4.78 is 26.9. The molecular formula is C21H18Cl2N2O3S. The Labute approximate surface area is 179 Å². The molecule has 0 aliphatic heterocycles. The van der Waals surface area contributed by atoms with Gasteiger partial charge in [0.15, 0.2) is 0 Å². The lowest BCUT2D eigenvalue weighted by atomic mass is 10.1. The third kappa shape index (κ3) is 4.72. The molecule has 0 aliphatic rings. The van der Waals surface area contributed by atoms with Crippen molar-refractivity contribution < 1.29 is 13.2 Å². The predicted octanol–water partition coefficient (Wildman–Crippen LogP) is 5.38. The second-order valence-electron chi connectivity index (χ2n) is 6.40. The van der Waals surface area contributed by atoms with Crippen LogP contribution >= 0.6 is 23.2 Å². The largest absolute Gasteiger partial charge is 0.322 e. The van der Waals surface area contributed by atoms with Gasteiger partial charge in [0.05, 0.1) is 10.6 Å². The number of sulfonamides is 1. The Kier molecular flexibility index (Phi) is 6.17. The van der Waals surface area contributed by atoms with Crippen molar-refractivity contribution in [1.29, 1.82) is 0 Å². The normalized spacial score (nSPS) is 11.2. The van der Waals surface area contributed by atoms with Crippen molar-refractivity contribution in [2.75, 3.05) is 16.7 Å². The molecule has 1 N–H and O–H groups in total. The van der Waals surface area contributed by atoms with Crippen LogP contribution in [0.5, 0.6) is 0 Å². The summed E-state index contributed by atoms with van der Waals surface area (Å²) in [5.74, 6) is -0.355. The van der Waals surface area contributed by atoms with Crippen LogP contribution in [0.2, 0.25) is 10.0 Å². The average Bonchev–Trinajstić information content (AvgIpc) is 2.67. The number of aryl methyl sites for hydroxylation is 1. The first-order valence-corrected chi connectivity index (χ1v) is 10.8. The molecule has 0 spiro atoms. The Morgan fingerprint density at radius 3 is 2.14 bits per heavy atom. The summed E-state index contributed by atoms with van der Waals surface area (Å²) in [7, 11) is -2.22. The van der Waals surface area contributed by atoms with Gasteiger partial charge >= 0.3 is 0 Å². The molecule has 3 rings (SSSR count). The highest BCUT2D eigenvalue weighted by Crippen LogP contribution is 2.27. The second kappa shape index (κ2) is 8.45. The molecule has 0 bridgehead atoms. The molecule has 0 radical (unpaired) electrons. The van der Waals surface area contributed by atoms with Gasteiger partial charge in [-0.25, -0.2) is 8.42 Å². The molecule has 0 saturated carbocycles. The minimum atomic E-state index is -3.70. The Hall–Kier alpha value is -2.54. The molecule has 1 amide bonds. The number of hydrogen-bond donors (Lipinski definition) is 1. The third-order valence-corrected chi connectivity index (χ3v) is 6.54. The van der Waals surface area contributed by atoms with Crippen LogP contribution in [-0.2, 0) is 10.0 Å². The molecule has 5 nitrogen and oxygen atoms in total. The third-order valence-electron chi connectivity index (χ3n) is 4.32. The second-order valence-corrected chi connectivity index (χ2v) is 9.24. The molecule has 0 aliphatic carbocycles. The number of benzene rings is 3.